The van der Waals surface area contributed by atoms with Crippen LogP contribution in [-0.2, 0) is 11.3 Å². The van der Waals surface area contributed by atoms with Crippen LogP contribution in [-0.4, -0.2) is 29.4 Å². The van der Waals surface area contributed by atoms with Crippen molar-refractivity contribution in [2.45, 2.75) is 6.54 Å². The third-order valence-corrected chi connectivity index (χ3v) is 4.33. The van der Waals surface area contributed by atoms with Crippen molar-refractivity contribution < 1.29 is 14.3 Å². The number of halogens is 1. The predicted molar refractivity (Wildman–Crippen MR) is 107 cm³/mol. The standard InChI is InChI=1S/C21H19BrN2O3/c1-24(14-16-5-7-17(22)8-6-16)21(25)15-26-18-9-11-19(12-10-18)27-20-4-2-3-13-23-20/h2-13H,14-15H2,1H3. The molecule has 0 spiro atoms. The first-order valence-corrected chi connectivity index (χ1v) is 9.19. The Balaban J connectivity index is 1.48. The van der Waals surface area contributed by atoms with Crippen LogP contribution in [0.15, 0.2) is 77.4 Å². The molecule has 1 aromatic heterocycles. The molecular weight excluding hydrogens is 408 g/mol. The summed E-state index contributed by atoms with van der Waals surface area (Å²) in [5.74, 6) is 1.69. The van der Waals surface area contributed by atoms with Crippen LogP contribution in [0.3, 0.4) is 0 Å². The van der Waals surface area contributed by atoms with Gasteiger partial charge in [-0.1, -0.05) is 34.1 Å². The molecule has 3 aromatic rings. The highest BCUT2D eigenvalue weighted by Crippen LogP contribution is 2.22. The molecule has 0 N–H and O–H groups in total. The minimum Gasteiger partial charge on any atom is -0.484 e. The van der Waals surface area contributed by atoms with Crippen molar-refractivity contribution in [3.05, 3.63) is 83.0 Å². The van der Waals surface area contributed by atoms with Crippen LogP contribution in [0.5, 0.6) is 17.4 Å². The van der Waals surface area contributed by atoms with Gasteiger partial charge in [-0.2, -0.15) is 0 Å². The molecule has 2 aromatic carbocycles. The van der Waals surface area contributed by atoms with Gasteiger partial charge in [-0.25, -0.2) is 4.98 Å². The zero-order valence-corrected chi connectivity index (χ0v) is 16.4. The van der Waals surface area contributed by atoms with Gasteiger partial charge in [0, 0.05) is 30.3 Å². The number of rotatable bonds is 7. The number of hydrogen-bond donors (Lipinski definition) is 0. The number of ether oxygens (including phenoxy) is 2. The third kappa shape index (κ3) is 5.82. The Morgan fingerprint density at radius 1 is 1.00 bits per heavy atom. The average Bonchev–Trinajstić information content (AvgIpc) is 2.69. The van der Waals surface area contributed by atoms with Gasteiger partial charge in [-0.15, -0.1) is 0 Å². The fourth-order valence-corrected chi connectivity index (χ4v) is 2.60. The van der Waals surface area contributed by atoms with Crippen molar-refractivity contribution in [2.24, 2.45) is 0 Å². The molecule has 138 valence electrons. The van der Waals surface area contributed by atoms with E-state index in [1.54, 1.807) is 48.5 Å². The summed E-state index contributed by atoms with van der Waals surface area (Å²) in [6, 6.07) is 20.4. The number of hydrogen-bond acceptors (Lipinski definition) is 4. The van der Waals surface area contributed by atoms with Crippen LogP contribution in [0.1, 0.15) is 5.56 Å². The number of nitrogens with zero attached hydrogens (tertiary/aromatic N) is 2. The number of likely N-dealkylation sites (N-methyl/N-ethyl adjacent to an activating group) is 1. The number of carbonyl (C=O) groups is 1. The van der Waals surface area contributed by atoms with Gasteiger partial charge in [0.05, 0.1) is 0 Å². The van der Waals surface area contributed by atoms with E-state index in [-0.39, 0.29) is 12.5 Å². The minimum absolute atomic E-state index is 0.0204. The molecule has 0 fully saturated rings. The van der Waals surface area contributed by atoms with Gasteiger partial charge >= 0.3 is 0 Å². The van der Waals surface area contributed by atoms with Gasteiger partial charge in [-0.05, 0) is 48.0 Å². The maximum absolute atomic E-state index is 12.3. The molecule has 0 aliphatic rings. The van der Waals surface area contributed by atoms with Crippen LogP contribution < -0.4 is 9.47 Å². The molecule has 6 heteroatoms. The molecule has 0 aliphatic carbocycles. The topological polar surface area (TPSA) is 51.7 Å². The first-order chi connectivity index (χ1) is 13.1. The number of aromatic nitrogens is 1. The number of benzene rings is 2. The summed E-state index contributed by atoms with van der Waals surface area (Å²) < 4.78 is 12.2. The number of pyridine rings is 1. The lowest BCUT2D eigenvalue weighted by atomic mass is 10.2. The van der Waals surface area contributed by atoms with Crippen molar-refractivity contribution in [1.29, 1.82) is 0 Å². The predicted octanol–water partition coefficient (Wildman–Crippen LogP) is 4.67. The molecule has 0 bridgehead atoms. The summed E-state index contributed by atoms with van der Waals surface area (Å²) in [5, 5.41) is 0. The zero-order valence-electron chi connectivity index (χ0n) is 14.8. The van der Waals surface area contributed by atoms with Crippen molar-refractivity contribution in [3.63, 3.8) is 0 Å². The molecule has 1 amide bonds. The summed E-state index contributed by atoms with van der Waals surface area (Å²) >= 11 is 3.40. The van der Waals surface area contributed by atoms with E-state index >= 15 is 0 Å². The van der Waals surface area contributed by atoms with Crippen LogP contribution in [0.4, 0.5) is 0 Å². The third-order valence-electron chi connectivity index (χ3n) is 3.80. The molecule has 0 saturated heterocycles. The Kier molecular flexibility index (Phi) is 6.44. The van der Waals surface area contributed by atoms with Gasteiger partial charge in [0.15, 0.2) is 6.61 Å². The van der Waals surface area contributed by atoms with Crippen molar-refractivity contribution >= 4 is 21.8 Å². The van der Waals surface area contributed by atoms with Gasteiger partial charge in [0.25, 0.3) is 5.91 Å². The normalized spacial score (nSPS) is 10.3. The Labute approximate surface area is 166 Å². The molecule has 0 atom stereocenters. The van der Waals surface area contributed by atoms with Gasteiger partial charge in [0.1, 0.15) is 11.5 Å². The van der Waals surface area contributed by atoms with E-state index in [0.29, 0.717) is 23.9 Å². The van der Waals surface area contributed by atoms with E-state index in [9.17, 15) is 4.79 Å². The molecule has 0 aliphatic heterocycles. The fraction of sp³-hybridized carbons (Fsp3) is 0.143. The summed E-state index contributed by atoms with van der Waals surface area (Å²) in [6.45, 7) is 0.514. The highest BCUT2D eigenvalue weighted by Gasteiger charge is 2.10. The van der Waals surface area contributed by atoms with Crippen LogP contribution in [0.2, 0.25) is 0 Å². The summed E-state index contributed by atoms with van der Waals surface area (Å²) in [4.78, 5) is 18.0. The highest BCUT2D eigenvalue weighted by molar-refractivity contribution is 9.10. The largest absolute Gasteiger partial charge is 0.484 e. The van der Waals surface area contributed by atoms with Crippen LogP contribution in [0.25, 0.3) is 0 Å². The SMILES string of the molecule is CN(Cc1ccc(Br)cc1)C(=O)COc1ccc(Oc2ccccn2)cc1. The van der Waals surface area contributed by atoms with Gasteiger partial charge < -0.3 is 14.4 Å². The minimum atomic E-state index is -0.0910. The molecule has 5 nitrogen and oxygen atoms in total. The van der Waals surface area contributed by atoms with E-state index in [0.717, 1.165) is 10.0 Å². The molecule has 0 radical (unpaired) electrons. The lowest BCUT2D eigenvalue weighted by Crippen LogP contribution is -2.30. The second-order valence-corrected chi connectivity index (χ2v) is 6.82. The molecule has 0 saturated carbocycles. The second-order valence-electron chi connectivity index (χ2n) is 5.91. The summed E-state index contributed by atoms with van der Waals surface area (Å²) in [5.41, 5.74) is 1.06. The average molecular weight is 427 g/mol. The Morgan fingerprint density at radius 2 is 1.70 bits per heavy atom. The molecule has 1 heterocycles. The Hall–Kier alpha value is -2.86. The highest BCUT2D eigenvalue weighted by atomic mass is 79.9. The number of amides is 1. The smallest absolute Gasteiger partial charge is 0.260 e. The van der Waals surface area contributed by atoms with E-state index in [2.05, 4.69) is 20.9 Å². The quantitative estimate of drug-likeness (QED) is 0.550. The van der Waals surface area contributed by atoms with Gasteiger partial charge in [0.2, 0.25) is 5.88 Å². The van der Waals surface area contributed by atoms with Crippen molar-refractivity contribution in [3.8, 4) is 17.4 Å². The maximum Gasteiger partial charge on any atom is 0.260 e. The Bertz CT molecular complexity index is 868. The first-order valence-electron chi connectivity index (χ1n) is 8.40. The molecule has 0 unspecified atom stereocenters. The van der Waals surface area contributed by atoms with Gasteiger partial charge in [-0.3, -0.25) is 4.79 Å². The Morgan fingerprint density at radius 3 is 2.37 bits per heavy atom. The van der Waals surface area contributed by atoms with E-state index < -0.39 is 0 Å². The van der Waals surface area contributed by atoms with Crippen LogP contribution >= 0.6 is 15.9 Å². The van der Waals surface area contributed by atoms with E-state index in [1.807, 2.05) is 36.4 Å². The van der Waals surface area contributed by atoms with Crippen molar-refractivity contribution in [1.82, 2.24) is 9.88 Å². The maximum atomic E-state index is 12.3. The summed E-state index contributed by atoms with van der Waals surface area (Å²) in [6.07, 6.45) is 1.67. The second kappa shape index (κ2) is 9.19. The molecular formula is C21H19BrN2O3. The van der Waals surface area contributed by atoms with E-state index in [4.69, 9.17) is 9.47 Å². The molecule has 27 heavy (non-hydrogen) atoms. The monoisotopic (exact) mass is 426 g/mol. The van der Waals surface area contributed by atoms with Crippen LogP contribution in [0, 0.1) is 0 Å². The first kappa shape index (κ1) is 18.9. The fourth-order valence-electron chi connectivity index (χ4n) is 2.34. The van der Waals surface area contributed by atoms with Crippen molar-refractivity contribution in [2.75, 3.05) is 13.7 Å². The zero-order chi connectivity index (χ0) is 19.1. The summed E-state index contributed by atoms with van der Waals surface area (Å²) in [7, 11) is 1.76. The molecule has 3 rings (SSSR count). The van der Waals surface area contributed by atoms with E-state index in [1.165, 1.54) is 0 Å². The lowest BCUT2D eigenvalue weighted by molar-refractivity contribution is -0.132. The number of carbonyl (C=O) groups excluding carboxylic acids is 1. The lowest BCUT2D eigenvalue weighted by Gasteiger charge is -2.17.